The minimum absolute atomic E-state index is 0.233. The Labute approximate surface area is 144 Å². The van der Waals surface area contributed by atoms with Crippen LogP contribution < -0.4 is 4.72 Å². The van der Waals surface area contributed by atoms with Crippen molar-refractivity contribution in [1.82, 2.24) is 9.78 Å². The van der Waals surface area contributed by atoms with Crippen LogP contribution in [-0.2, 0) is 16.6 Å². The van der Waals surface area contributed by atoms with Crippen molar-refractivity contribution in [3.05, 3.63) is 77.6 Å². The number of benzene rings is 2. The predicted octanol–water partition coefficient (Wildman–Crippen LogP) is 3.32. The highest BCUT2D eigenvalue weighted by Crippen LogP contribution is 2.18. The number of anilines is 1. The normalized spacial score (nSPS) is 11.5. The lowest BCUT2D eigenvalue weighted by atomic mass is 10.1. The highest BCUT2D eigenvalue weighted by Gasteiger charge is 2.17. The van der Waals surface area contributed by atoms with Gasteiger partial charge in [0.25, 0.3) is 10.0 Å². The number of halogens is 2. The van der Waals surface area contributed by atoms with Crippen molar-refractivity contribution in [1.29, 1.82) is 0 Å². The second-order valence-corrected chi connectivity index (χ2v) is 7.28. The molecule has 3 aromatic rings. The van der Waals surface area contributed by atoms with Gasteiger partial charge >= 0.3 is 0 Å². The van der Waals surface area contributed by atoms with Crippen molar-refractivity contribution in [3.8, 4) is 0 Å². The van der Waals surface area contributed by atoms with Crippen molar-refractivity contribution in [2.45, 2.75) is 18.4 Å². The molecule has 3 rings (SSSR count). The summed E-state index contributed by atoms with van der Waals surface area (Å²) in [5, 5.41) is 4.10. The molecule has 1 heterocycles. The first-order valence-electron chi connectivity index (χ1n) is 7.39. The van der Waals surface area contributed by atoms with Gasteiger partial charge in [0.1, 0.15) is 0 Å². The van der Waals surface area contributed by atoms with Crippen molar-refractivity contribution >= 4 is 15.7 Å². The van der Waals surface area contributed by atoms with Crippen LogP contribution in [0.5, 0.6) is 0 Å². The van der Waals surface area contributed by atoms with Crippen LogP contribution in [0.15, 0.2) is 59.8 Å². The average molecular weight is 363 g/mol. The first-order chi connectivity index (χ1) is 11.8. The molecular formula is C17H15F2N3O2S. The summed E-state index contributed by atoms with van der Waals surface area (Å²) in [6.45, 7) is 2.47. The van der Waals surface area contributed by atoms with Crippen molar-refractivity contribution in [2.75, 3.05) is 4.72 Å². The van der Waals surface area contributed by atoms with Crippen LogP contribution >= 0.6 is 0 Å². The minimum atomic E-state index is -4.03. The van der Waals surface area contributed by atoms with E-state index < -0.39 is 21.7 Å². The zero-order valence-corrected chi connectivity index (χ0v) is 14.1. The number of hydrogen-bond donors (Lipinski definition) is 1. The molecule has 0 aliphatic heterocycles. The number of nitrogens with one attached hydrogen (secondary N) is 1. The summed E-state index contributed by atoms with van der Waals surface area (Å²) in [4.78, 5) is -0.363. The number of aryl methyl sites for hydroxylation is 1. The monoisotopic (exact) mass is 363 g/mol. The number of hydrogen-bond acceptors (Lipinski definition) is 3. The van der Waals surface area contributed by atoms with E-state index in [9.17, 15) is 17.2 Å². The van der Waals surface area contributed by atoms with Gasteiger partial charge in [-0.3, -0.25) is 9.40 Å². The molecule has 0 radical (unpaired) electrons. The molecule has 0 aliphatic rings. The summed E-state index contributed by atoms with van der Waals surface area (Å²) in [5.74, 6) is -2.33. The molecule has 0 bridgehead atoms. The molecule has 1 N–H and O–H groups in total. The molecule has 0 saturated heterocycles. The Morgan fingerprint density at radius 1 is 1.08 bits per heavy atom. The first-order valence-corrected chi connectivity index (χ1v) is 8.88. The molecule has 0 saturated carbocycles. The topological polar surface area (TPSA) is 64.0 Å². The highest BCUT2D eigenvalue weighted by molar-refractivity contribution is 7.92. The van der Waals surface area contributed by atoms with E-state index in [1.54, 1.807) is 4.68 Å². The summed E-state index contributed by atoms with van der Waals surface area (Å²) in [6, 6.07) is 10.3. The molecule has 8 heteroatoms. The van der Waals surface area contributed by atoms with Gasteiger partial charge in [-0.15, -0.1) is 0 Å². The van der Waals surface area contributed by atoms with Gasteiger partial charge in [0.15, 0.2) is 11.6 Å². The molecule has 0 atom stereocenters. The summed E-state index contributed by atoms with van der Waals surface area (Å²) in [7, 11) is -4.03. The second kappa shape index (κ2) is 6.64. The van der Waals surface area contributed by atoms with E-state index >= 15 is 0 Å². The third-order valence-electron chi connectivity index (χ3n) is 3.55. The molecule has 0 fully saturated rings. The molecule has 2 aromatic carbocycles. The molecular weight excluding hydrogens is 348 g/mol. The largest absolute Gasteiger partial charge is 0.276 e. The van der Waals surface area contributed by atoms with E-state index in [-0.39, 0.29) is 10.6 Å². The fourth-order valence-corrected chi connectivity index (χ4v) is 3.28. The third-order valence-corrected chi connectivity index (χ3v) is 4.93. The van der Waals surface area contributed by atoms with Crippen molar-refractivity contribution in [2.24, 2.45) is 0 Å². The van der Waals surface area contributed by atoms with Crippen LogP contribution in [0, 0.1) is 18.6 Å². The van der Waals surface area contributed by atoms with Gasteiger partial charge in [-0.25, -0.2) is 17.2 Å². The molecule has 0 unspecified atom stereocenters. The second-order valence-electron chi connectivity index (χ2n) is 5.59. The van der Waals surface area contributed by atoms with E-state index in [0.29, 0.717) is 12.6 Å². The van der Waals surface area contributed by atoms with Crippen LogP contribution in [0.3, 0.4) is 0 Å². The Morgan fingerprint density at radius 3 is 2.48 bits per heavy atom. The fraction of sp³-hybridized carbons (Fsp3) is 0.118. The van der Waals surface area contributed by atoms with E-state index in [2.05, 4.69) is 9.82 Å². The highest BCUT2D eigenvalue weighted by atomic mass is 32.2. The predicted molar refractivity (Wildman–Crippen MR) is 89.7 cm³/mol. The number of aromatic nitrogens is 2. The quantitative estimate of drug-likeness (QED) is 0.756. The summed E-state index contributed by atoms with van der Waals surface area (Å²) in [5.41, 5.74) is 2.39. The maximum Gasteiger partial charge on any atom is 0.262 e. The summed E-state index contributed by atoms with van der Waals surface area (Å²) < 4.78 is 54.5. The van der Waals surface area contributed by atoms with Gasteiger partial charge in [-0.05, 0) is 30.7 Å². The maximum atomic E-state index is 13.2. The van der Waals surface area contributed by atoms with E-state index in [0.717, 1.165) is 23.3 Å². The van der Waals surface area contributed by atoms with E-state index in [1.165, 1.54) is 12.4 Å². The SMILES string of the molecule is Cc1ccc(Cn2cc(NS(=O)(=O)c3ccc(F)c(F)c3)cn2)cc1. The molecule has 0 aliphatic carbocycles. The van der Waals surface area contributed by atoms with Gasteiger partial charge in [-0.2, -0.15) is 5.10 Å². The van der Waals surface area contributed by atoms with Crippen LogP contribution in [0.4, 0.5) is 14.5 Å². The Kier molecular flexibility index (Phi) is 4.54. The lowest BCUT2D eigenvalue weighted by molar-refractivity contribution is 0.504. The zero-order chi connectivity index (χ0) is 18.0. The van der Waals surface area contributed by atoms with Crippen LogP contribution in [-0.4, -0.2) is 18.2 Å². The molecule has 130 valence electrons. The van der Waals surface area contributed by atoms with Gasteiger partial charge in [0.05, 0.1) is 23.3 Å². The molecule has 0 amide bonds. The van der Waals surface area contributed by atoms with E-state index in [4.69, 9.17) is 0 Å². The van der Waals surface area contributed by atoms with E-state index in [1.807, 2.05) is 31.2 Å². The van der Waals surface area contributed by atoms with Gasteiger partial charge in [-0.1, -0.05) is 29.8 Å². The van der Waals surface area contributed by atoms with Crippen LogP contribution in [0.25, 0.3) is 0 Å². The number of rotatable bonds is 5. The van der Waals surface area contributed by atoms with Crippen LogP contribution in [0.1, 0.15) is 11.1 Å². The summed E-state index contributed by atoms with van der Waals surface area (Å²) in [6.07, 6.45) is 2.88. The number of nitrogens with zero attached hydrogens (tertiary/aromatic N) is 2. The third kappa shape index (κ3) is 4.03. The Morgan fingerprint density at radius 2 is 1.80 bits per heavy atom. The summed E-state index contributed by atoms with van der Waals surface area (Å²) >= 11 is 0. The molecule has 0 spiro atoms. The van der Waals surface area contributed by atoms with Gasteiger partial charge < -0.3 is 0 Å². The Hall–Kier alpha value is -2.74. The molecule has 1 aromatic heterocycles. The van der Waals surface area contributed by atoms with Gasteiger partial charge in [0.2, 0.25) is 0 Å². The van der Waals surface area contributed by atoms with Gasteiger partial charge in [0, 0.05) is 6.20 Å². The number of sulfonamides is 1. The standard InChI is InChI=1S/C17H15F2N3O2S/c1-12-2-4-13(5-3-12)10-22-11-14(9-20-22)21-25(23,24)15-6-7-16(18)17(19)8-15/h2-9,11,21H,10H2,1H3. The lowest BCUT2D eigenvalue weighted by Crippen LogP contribution is -2.13. The smallest absolute Gasteiger partial charge is 0.262 e. The Balaban J connectivity index is 1.75. The first kappa shape index (κ1) is 17.1. The lowest BCUT2D eigenvalue weighted by Gasteiger charge is -2.06. The van der Waals surface area contributed by atoms with Crippen molar-refractivity contribution < 1.29 is 17.2 Å². The molecule has 5 nitrogen and oxygen atoms in total. The maximum absolute atomic E-state index is 13.2. The Bertz CT molecular complexity index is 999. The van der Waals surface area contributed by atoms with Crippen molar-refractivity contribution in [3.63, 3.8) is 0 Å². The molecule has 25 heavy (non-hydrogen) atoms. The average Bonchev–Trinajstić information content (AvgIpc) is 2.98. The minimum Gasteiger partial charge on any atom is -0.276 e. The zero-order valence-electron chi connectivity index (χ0n) is 13.3. The fourth-order valence-electron chi connectivity index (χ4n) is 2.24. The van der Waals surface area contributed by atoms with Crippen LogP contribution in [0.2, 0.25) is 0 Å².